The number of aryl methyl sites for hydroxylation is 1. The van der Waals surface area contributed by atoms with E-state index in [2.05, 4.69) is 0 Å². The first-order valence-electron chi connectivity index (χ1n) is 6.72. The molecule has 9 heteroatoms. The quantitative estimate of drug-likeness (QED) is 0.675. The van der Waals surface area contributed by atoms with Crippen molar-refractivity contribution in [2.75, 3.05) is 0 Å². The van der Waals surface area contributed by atoms with E-state index in [9.17, 15) is 27.6 Å². The van der Waals surface area contributed by atoms with Gasteiger partial charge in [-0.3, -0.25) is 4.79 Å². The number of halogens is 1. The number of H-pyrrole nitrogens is 1. The molecule has 1 heterocycles. The second-order valence-electron chi connectivity index (χ2n) is 5.17. The van der Waals surface area contributed by atoms with Crippen LogP contribution in [0.1, 0.15) is 5.56 Å². The van der Waals surface area contributed by atoms with Crippen LogP contribution in [0.2, 0.25) is 0 Å². The molecule has 2 aromatic carbocycles. The third-order valence-electron chi connectivity index (χ3n) is 3.53. The zero-order chi connectivity index (χ0) is 17.6. The highest BCUT2D eigenvalue weighted by molar-refractivity contribution is 7.91. The predicted molar refractivity (Wildman–Crippen MR) is 82.6 cm³/mol. The van der Waals surface area contributed by atoms with E-state index in [1.165, 1.54) is 18.2 Å². The van der Waals surface area contributed by atoms with Crippen LogP contribution in [0.15, 0.2) is 55.8 Å². The molecule has 24 heavy (non-hydrogen) atoms. The standard InChI is InChI=1S/C15H11FN2O5S/c1-8-3-2-4-9(7-8)24(22,23)13-11(16)6-5-10-12(13)17-15(20)18(21)14(10)19/h2-7,21H,1H3,(H,17,20). The lowest BCUT2D eigenvalue weighted by Crippen LogP contribution is -2.33. The SMILES string of the molecule is Cc1cccc(S(=O)(=O)c2c(F)ccc3c(=O)n(O)c(=O)[nH]c23)c1. The Hall–Kier alpha value is -2.94. The Morgan fingerprint density at radius 1 is 1.17 bits per heavy atom. The fourth-order valence-electron chi connectivity index (χ4n) is 2.39. The molecule has 0 aliphatic carbocycles. The summed E-state index contributed by atoms with van der Waals surface area (Å²) in [5, 5.41) is 9.01. The highest BCUT2D eigenvalue weighted by Gasteiger charge is 2.27. The molecular formula is C15H11FN2O5S. The summed E-state index contributed by atoms with van der Waals surface area (Å²) in [4.78, 5) is 24.5. The largest absolute Gasteiger partial charge is 0.421 e. The Labute approximate surface area is 134 Å². The Morgan fingerprint density at radius 3 is 2.54 bits per heavy atom. The molecule has 124 valence electrons. The number of nitrogens with one attached hydrogen (secondary N) is 1. The first-order chi connectivity index (χ1) is 11.2. The number of aromatic nitrogens is 2. The van der Waals surface area contributed by atoms with E-state index in [0.717, 1.165) is 12.1 Å². The highest BCUT2D eigenvalue weighted by atomic mass is 32.2. The molecular weight excluding hydrogens is 339 g/mol. The Morgan fingerprint density at radius 2 is 1.88 bits per heavy atom. The number of fused-ring (bicyclic) bond motifs is 1. The van der Waals surface area contributed by atoms with E-state index >= 15 is 0 Å². The lowest BCUT2D eigenvalue weighted by atomic mass is 10.2. The topological polar surface area (TPSA) is 109 Å². The maximum absolute atomic E-state index is 14.3. The first-order valence-corrected chi connectivity index (χ1v) is 8.20. The fourth-order valence-corrected chi connectivity index (χ4v) is 3.98. The van der Waals surface area contributed by atoms with E-state index < -0.39 is 37.3 Å². The molecule has 3 aromatic rings. The molecule has 2 N–H and O–H groups in total. The van der Waals surface area contributed by atoms with Crippen LogP contribution in [0, 0.1) is 12.7 Å². The summed E-state index contributed by atoms with van der Waals surface area (Å²) < 4.78 is 39.7. The molecule has 0 unspecified atom stereocenters. The Kier molecular flexibility index (Phi) is 3.52. The lowest BCUT2D eigenvalue weighted by molar-refractivity contribution is 0.162. The van der Waals surface area contributed by atoms with Crippen molar-refractivity contribution in [3.8, 4) is 0 Å². The molecule has 0 atom stereocenters. The van der Waals surface area contributed by atoms with Gasteiger partial charge in [0.15, 0.2) is 0 Å². The van der Waals surface area contributed by atoms with Crippen molar-refractivity contribution in [2.45, 2.75) is 16.7 Å². The molecule has 0 saturated carbocycles. The molecule has 0 aliphatic rings. The van der Waals surface area contributed by atoms with E-state index in [4.69, 9.17) is 0 Å². The smallest absolute Gasteiger partial charge is 0.362 e. The third-order valence-corrected chi connectivity index (χ3v) is 5.34. The molecule has 0 aliphatic heterocycles. The van der Waals surface area contributed by atoms with Crippen LogP contribution >= 0.6 is 0 Å². The summed E-state index contributed by atoms with van der Waals surface area (Å²) in [6, 6.07) is 7.58. The van der Waals surface area contributed by atoms with Crippen molar-refractivity contribution in [3.05, 3.63) is 68.6 Å². The van der Waals surface area contributed by atoms with Crippen molar-refractivity contribution in [2.24, 2.45) is 0 Å². The third kappa shape index (κ3) is 2.29. The summed E-state index contributed by atoms with van der Waals surface area (Å²) in [7, 11) is -4.34. The second-order valence-corrected chi connectivity index (χ2v) is 7.05. The first kappa shape index (κ1) is 15.9. The molecule has 0 bridgehead atoms. The van der Waals surface area contributed by atoms with Gasteiger partial charge in [0.05, 0.1) is 15.8 Å². The van der Waals surface area contributed by atoms with Crippen LogP contribution in [0.3, 0.4) is 0 Å². The Bertz CT molecular complexity index is 1190. The van der Waals surface area contributed by atoms with E-state index in [1.54, 1.807) is 13.0 Å². The van der Waals surface area contributed by atoms with Gasteiger partial charge in [0.1, 0.15) is 10.7 Å². The van der Waals surface area contributed by atoms with Crippen LogP contribution in [0.5, 0.6) is 0 Å². The van der Waals surface area contributed by atoms with Crippen molar-refractivity contribution in [3.63, 3.8) is 0 Å². The number of aromatic amines is 1. The van der Waals surface area contributed by atoms with Crippen molar-refractivity contribution in [1.29, 1.82) is 0 Å². The summed E-state index contributed by atoms with van der Waals surface area (Å²) >= 11 is 0. The van der Waals surface area contributed by atoms with Gasteiger partial charge in [-0.15, -0.1) is 0 Å². The maximum Gasteiger partial charge on any atom is 0.362 e. The number of sulfone groups is 1. The zero-order valence-electron chi connectivity index (χ0n) is 12.3. The molecule has 0 radical (unpaired) electrons. The van der Waals surface area contributed by atoms with Gasteiger partial charge in [-0.05, 0) is 36.8 Å². The average Bonchev–Trinajstić information content (AvgIpc) is 2.52. The molecule has 7 nitrogen and oxygen atoms in total. The van der Waals surface area contributed by atoms with Crippen LogP contribution < -0.4 is 11.2 Å². The minimum atomic E-state index is -4.34. The number of nitrogens with zero attached hydrogens (tertiary/aromatic N) is 1. The minimum Gasteiger partial charge on any atom is -0.421 e. The highest BCUT2D eigenvalue weighted by Crippen LogP contribution is 2.28. The maximum atomic E-state index is 14.3. The van der Waals surface area contributed by atoms with E-state index in [1.807, 2.05) is 4.98 Å². The van der Waals surface area contributed by atoms with Crippen LogP contribution in [0.25, 0.3) is 10.9 Å². The van der Waals surface area contributed by atoms with Crippen LogP contribution in [0.4, 0.5) is 4.39 Å². The molecule has 1 aromatic heterocycles. The van der Waals surface area contributed by atoms with Gasteiger partial charge in [-0.2, -0.15) is 0 Å². The van der Waals surface area contributed by atoms with Crippen LogP contribution in [-0.4, -0.2) is 23.3 Å². The van der Waals surface area contributed by atoms with Gasteiger partial charge in [-0.25, -0.2) is 17.6 Å². The Balaban J connectivity index is 2.48. The van der Waals surface area contributed by atoms with Gasteiger partial charge in [0.25, 0.3) is 5.56 Å². The minimum absolute atomic E-state index is 0.178. The van der Waals surface area contributed by atoms with E-state index in [-0.39, 0.29) is 15.0 Å². The van der Waals surface area contributed by atoms with Crippen LogP contribution in [-0.2, 0) is 9.84 Å². The molecule has 0 fully saturated rings. The normalized spacial score (nSPS) is 11.8. The predicted octanol–water partition coefficient (Wildman–Crippen LogP) is 1.21. The van der Waals surface area contributed by atoms with Gasteiger partial charge in [0.2, 0.25) is 9.84 Å². The number of hydrogen-bond acceptors (Lipinski definition) is 5. The summed E-state index contributed by atoms with van der Waals surface area (Å²) in [6.45, 7) is 1.67. The van der Waals surface area contributed by atoms with Gasteiger partial charge in [0, 0.05) is 0 Å². The molecule has 0 spiro atoms. The monoisotopic (exact) mass is 350 g/mol. The second kappa shape index (κ2) is 5.31. The van der Waals surface area contributed by atoms with Crippen molar-refractivity contribution < 1.29 is 18.0 Å². The number of rotatable bonds is 2. The van der Waals surface area contributed by atoms with E-state index in [0.29, 0.717) is 5.56 Å². The molecule has 0 saturated heterocycles. The van der Waals surface area contributed by atoms with Gasteiger partial charge >= 0.3 is 5.69 Å². The van der Waals surface area contributed by atoms with Gasteiger partial charge < -0.3 is 10.2 Å². The summed E-state index contributed by atoms with van der Waals surface area (Å²) in [5.74, 6) is -1.12. The molecule has 0 amide bonds. The zero-order valence-corrected chi connectivity index (χ0v) is 13.1. The summed E-state index contributed by atoms with van der Waals surface area (Å²) in [6.07, 6.45) is 0. The van der Waals surface area contributed by atoms with Crippen molar-refractivity contribution >= 4 is 20.7 Å². The molecule has 3 rings (SSSR count). The summed E-state index contributed by atoms with van der Waals surface area (Å²) in [5.41, 5.74) is -2.26. The lowest BCUT2D eigenvalue weighted by Gasteiger charge is -2.10. The number of hydrogen-bond donors (Lipinski definition) is 2. The fraction of sp³-hybridized carbons (Fsp3) is 0.0667. The number of benzene rings is 2. The van der Waals surface area contributed by atoms with Gasteiger partial charge in [-0.1, -0.05) is 16.9 Å². The van der Waals surface area contributed by atoms with Crippen molar-refractivity contribution in [1.82, 2.24) is 9.71 Å². The average molecular weight is 350 g/mol.